The molecule has 4 rings (SSSR count). The number of halogens is 2. The van der Waals surface area contributed by atoms with Gasteiger partial charge in [-0.25, -0.2) is 4.39 Å². The maximum absolute atomic E-state index is 14.4. The number of rotatable bonds is 5. The van der Waals surface area contributed by atoms with Gasteiger partial charge in [0.05, 0.1) is 25.5 Å². The maximum Gasteiger partial charge on any atom is 0.230 e. The van der Waals surface area contributed by atoms with Crippen LogP contribution >= 0.6 is 0 Å². The average Bonchev–Trinajstić information content (AvgIpc) is 2.72. The molecule has 10 heteroatoms. The molecular formula is C21H22F2N6O2. The van der Waals surface area contributed by atoms with E-state index in [9.17, 15) is 8.78 Å². The average molecular weight is 428 g/mol. The Balaban J connectivity index is 1.59. The normalized spacial score (nSPS) is 18.7. The van der Waals surface area contributed by atoms with Gasteiger partial charge in [-0.1, -0.05) is 0 Å². The fourth-order valence-corrected chi connectivity index (χ4v) is 3.52. The number of hydrogen-bond acceptors (Lipinski definition) is 8. The number of nitrogens with zero attached hydrogens (tertiary/aromatic N) is 5. The highest BCUT2D eigenvalue weighted by molar-refractivity contribution is 5.68. The van der Waals surface area contributed by atoms with Gasteiger partial charge in [0.2, 0.25) is 11.9 Å². The van der Waals surface area contributed by atoms with Gasteiger partial charge >= 0.3 is 0 Å². The van der Waals surface area contributed by atoms with Crippen molar-refractivity contribution in [2.45, 2.75) is 26.1 Å². The lowest BCUT2D eigenvalue weighted by Gasteiger charge is -2.35. The summed E-state index contributed by atoms with van der Waals surface area (Å²) in [5, 5.41) is 10.8. The summed E-state index contributed by atoms with van der Waals surface area (Å²) in [7, 11) is 1.47. The number of anilines is 3. The van der Waals surface area contributed by atoms with Crippen LogP contribution in [-0.2, 0) is 4.74 Å². The van der Waals surface area contributed by atoms with Crippen LogP contribution in [0.2, 0.25) is 0 Å². The van der Waals surface area contributed by atoms with E-state index in [4.69, 9.17) is 9.47 Å². The lowest BCUT2D eigenvalue weighted by atomic mass is 10.1. The maximum atomic E-state index is 14.4. The topological polar surface area (TPSA) is 85.3 Å². The first-order valence-corrected chi connectivity index (χ1v) is 9.80. The van der Waals surface area contributed by atoms with Crippen molar-refractivity contribution in [2.24, 2.45) is 0 Å². The van der Waals surface area contributed by atoms with Crippen molar-refractivity contribution in [2.75, 3.05) is 30.4 Å². The van der Waals surface area contributed by atoms with Crippen LogP contribution in [0.5, 0.6) is 5.75 Å². The molecule has 1 aliphatic rings. The molecule has 162 valence electrons. The first kappa shape index (κ1) is 20.9. The third kappa shape index (κ3) is 4.85. The summed E-state index contributed by atoms with van der Waals surface area (Å²) < 4.78 is 39.4. The van der Waals surface area contributed by atoms with Crippen molar-refractivity contribution in [3.8, 4) is 16.9 Å². The molecule has 8 nitrogen and oxygen atoms in total. The first-order valence-electron chi connectivity index (χ1n) is 9.80. The van der Waals surface area contributed by atoms with Crippen LogP contribution in [0.4, 0.5) is 26.4 Å². The summed E-state index contributed by atoms with van der Waals surface area (Å²) in [5.41, 5.74) is 0.841. The van der Waals surface area contributed by atoms with Crippen molar-refractivity contribution in [3.63, 3.8) is 0 Å². The van der Waals surface area contributed by atoms with Crippen LogP contribution in [-0.4, -0.2) is 52.6 Å². The van der Waals surface area contributed by atoms with Crippen molar-refractivity contribution >= 4 is 17.6 Å². The molecule has 2 atom stereocenters. The Bertz CT molecular complexity index is 1070. The predicted molar refractivity (Wildman–Crippen MR) is 111 cm³/mol. The van der Waals surface area contributed by atoms with Crippen molar-refractivity contribution in [1.29, 1.82) is 0 Å². The zero-order chi connectivity index (χ0) is 22.0. The summed E-state index contributed by atoms with van der Waals surface area (Å²) in [5.74, 6) is 0.0532. The van der Waals surface area contributed by atoms with Gasteiger partial charge in [0, 0.05) is 36.3 Å². The minimum Gasteiger partial charge on any atom is -0.497 e. The predicted octanol–water partition coefficient (Wildman–Crippen LogP) is 3.58. The third-order valence-corrected chi connectivity index (χ3v) is 4.78. The lowest BCUT2D eigenvalue weighted by Crippen LogP contribution is -2.46. The second-order valence-electron chi connectivity index (χ2n) is 7.34. The lowest BCUT2D eigenvalue weighted by molar-refractivity contribution is -0.00576. The number of methoxy groups -OCH3 is 1. The highest BCUT2D eigenvalue weighted by Gasteiger charge is 2.25. The Kier molecular flexibility index (Phi) is 5.90. The second-order valence-corrected chi connectivity index (χ2v) is 7.34. The molecule has 0 saturated carbocycles. The van der Waals surface area contributed by atoms with Gasteiger partial charge < -0.3 is 19.7 Å². The number of nitrogens with one attached hydrogen (secondary N) is 1. The van der Waals surface area contributed by atoms with Crippen LogP contribution in [0.25, 0.3) is 11.1 Å². The Morgan fingerprint density at radius 2 is 1.84 bits per heavy atom. The van der Waals surface area contributed by atoms with E-state index >= 15 is 0 Å². The second kappa shape index (κ2) is 8.76. The first-order chi connectivity index (χ1) is 14.9. The van der Waals surface area contributed by atoms with Gasteiger partial charge in [-0.3, -0.25) is 0 Å². The zero-order valence-electron chi connectivity index (χ0n) is 17.3. The quantitative estimate of drug-likeness (QED) is 0.618. The van der Waals surface area contributed by atoms with Crippen LogP contribution in [0.1, 0.15) is 13.8 Å². The van der Waals surface area contributed by atoms with Crippen LogP contribution < -0.4 is 15.0 Å². The van der Waals surface area contributed by atoms with Gasteiger partial charge in [0.15, 0.2) is 5.82 Å². The molecule has 3 aromatic rings. The SMILES string of the molecule is COc1ccc(-c2cnnc(Nc3cc(F)nc(N4C[C@@H](C)O[C@@H](C)C4)n3)c2)c(F)c1. The number of hydrogen-bond donors (Lipinski definition) is 1. The van der Waals surface area contributed by atoms with Gasteiger partial charge in [0.1, 0.15) is 17.4 Å². The van der Waals surface area contributed by atoms with E-state index in [2.05, 4.69) is 25.5 Å². The molecule has 0 aliphatic carbocycles. The summed E-state index contributed by atoms with van der Waals surface area (Å²) in [4.78, 5) is 10.2. The fourth-order valence-electron chi connectivity index (χ4n) is 3.52. The zero-order valence-corrected chi connectivity index (χ0v) is 17.3. The molecule has 0 bridgehead atoms. The highest BCUT2D eigenvalue weighted by atomic mass is 19.1. The minimum absolute atomic E-state index is 0.0195. The summed E-state index contributed by atoms with van der Waals surface area (Å²) >= 11 is 0. The Morgan fingerprint density at radius 3 is 2.55 bits per heavy atom. The van der Waals surface area contributed by atoms with E-state index < -0.39 is 11.8 Å². The molecule has 3 heterocycles. The smallest absolute Gasteiger partial charge is 0.230 e. The highest BCUT2D eigenvalue weighted by Crippen LogP contribution is 2.28. The van der Waals surface area contributed by atoms with Crippen molar-refractivity contribution in [1.82, 2.24) is 20.2 Å². The molecule has 0 radical (unpaired) electrons. The molecule has 1 aliphatic heterocycles. The molecule has 2 aromatic heterocycles. The van der Waals surface area contributed by atoms with E-state index in [1.54, 1.807) is 18.2 Å². The van der Waals surface area contributed by atoms with Crippen molar-refractivity contribution in [3.05, 3.63) is 48.3 Å². The minimum atomic E-state index is -0.676. The molecule has 1 aromatic carbocycles. The van der Waals surface area contributed by atoms with Crippen LogP contribution in [0, 0.1) is 11.8 Å². The number of aromatic nitrogens is 4. The Labute approximate surface area is 178 Å². The van der Waals surface area contributed by atoms with Crippen LogP contribution in [0.15, 0.2) is 36.5 Å². The third-order valence-electron chi connectivity index (χ3n) is 4.78. The molecule has 0 unspecified atom stereocenters. The van der Waals surface area contributed by atoms with Crippen molar-refractivity contribution < 1.29 is 18.3 Å². The fraction of sp³-hybridized carbons (Fsp3) is 0.333. The number of ether oxygens (including phenoxy) is 2. The standard InChI is InChI=1S/C21H22F2N6O2/c1-12-10-29(11-13(2)31-12)21-25-18(23)8-19(27-21)26-20-6-14(9-24-28-20)16-5-4-15(30-3)7-17(16)22/h4-9,12-13H,10-11H2,1-3H3,(H,25,26,27,28)/t12-,13+. The molecule has 1 N–H and O–H groups in total. The summed E-state index contributed by atoms with van der Waals surface area (Å²) in [6, 6.07) is 7.31. The molecule has 31 heavy (non-hydrogen) atoms. The largest absolute Gasteiger partial charge is 0.497 e. The van der Waals surface area contributed by atoms with E-state index in [-0.39, 0.29) is 24.0 Å². The van der Waals surface area contributed by atoms with Gasteiger partial charge in [-0.2, -0.15) is 19.5 Å². The number of morpholine rings is 1. The molecular weight excluding hydrogens is 406 g/mol. The monoisotopic (exact) mass is 428 g/mol. The molecule has 1 fully saturated rings. The Morgan fingerprint density at radius 1 is 1.06 bits per heavy atom. The van der Waals surface area contributed by atoms with E-state index in [1.807, 2.05) is 18.7 Å². The summed E-state index contributed by atoms with van der Waals surface area (Å²) in [6.07, 6.45) is 1.40. The van der Waals surface area contributed by atoms with Crippen LogP contribution in [0.3, 0.4) is 0 Å². The molecule has 0 spiro atoms. The van der Waals surface area contributed by atoms with E-state index in [1.165, 1.54) is 25.4 Å². The van der Waals surface area contributed by atoms with Gasteiger partial charge in [0.25, 0.3) is 0 Å². The van der Waals surface area contributed by atoms with Gasteiger partial charge in [-0.05, 0) is 32.0 Å². The molecule has 0 amide bonds. The van der Waals surface area contributed by atoms with E-state index in [0.29, 0.717) is 35.8 Å². The van der Waals surface area contributed by atoms with Gasteiger partial charge in [-0.15, -0.1) is 5.10 Å². The Hall–Kier alpha value is -3.40. The number of benzene rings is 1. The molecule has 1 saturated heterocycles. The summed E-state index contributed by atoms with van der Waals surface area (Å²) in [6.45, 7) is 5.00. The van der Waals surface area contributed by atoms with E-state index in [0.717, 1.165) is 0 Å².